The van der Waals surface area contributed by atoms with Crippen LogP contribution in [-0.2, 0) is 4.79 Å². The van der Waals surface area contributed by atoms with E-state index in [1.807, 2.05) is 0 Å². The fourth-order valence-electron chi connectivity index (χ4n) is 4.94. The maximum Gasteiger partial charge on any atom is 0.306 e. The molecule has 4 rings (SSSR count). The molecule has 0 radical (unpaired) electrons. The number of carboxylic acids is 1. The number of β-amino-alcohol motifs (C(OH)–C–C–N with tert-alkyl or cyclic N) is 1. The molecule has 4 aliphatic rings. The van der Waals surface area contributed by atoms with Crippen molar-refractivity contribution in [2.75, 3.05) is 6.54 Å². The monoisotopic (exact) mass is 253 g/mol. The summed E-state index contributed by atoms with van der Waals surface area (Å²) < 4.78 is 0. The molecule has 0 aromatic rings. The summed E-state index contributed by atoms with van der Waals surface area (Å²) >= 11 is 0. The Morgan fingerprint density at radius 2 is 1.67 bits per heavy atom. The van der Waals surface area contributed by atoms with E-state index in [1.165, 1.54) is 38.5 Å². The first-order valence-corrected chi connectivity index (χ1v) is 7.19. The molecular formula is C14H23NO3. The Morgan fingerprint density at radius 3 is 2.11 bits per heavy atom. The third-order valence-electron chi connectivity index (χ3n) is 5.16. The zero-order chi connectivity index (χ0) is 12.8. The van der Waals surface area contributed by atoms with Crippen molar-refractivity contribution in [1.29, 1.82) is 0 Å². The number of nitrogens with one attached hydrogen (secondary N) is 1. The third-order valence-corrected chi connectivity index (χ3v) is 5.16. The summed E-state index contributed by atoms with van der Waals surface area (Å²) in [6, 6.07) is 0. The van der Waals surface area contributed by atoms with Crippen LogP contribution in [0.2, 0.25) is 0 Å². The van der Waals surface area contributed by atoms with E-state index in [-0.39, 0.29) is 12.0 Å². The topological polar surface area (TPSA) is 69.6 Å². The predicted octanol–water partition coefficient (Wildman–Crippen LogP) is 1.38. The van der Waals surface area contributed by atoms with Crippen molar-refractivity contribution in [2.45, 2.75) is 56.6 Å². The van der Waals surface area contributed by atoms with E-state index < -0.39 is 12.1 Å². The van der Waals surface area contributed by atoms with Crippen LogP contribution in [0.5, 0.6) is 0 Å². The molecule has 4 bridgehead atoms. The number of hydrogen-bond acceptors (Lipinski definition) is 3. The van der Waals surface area contributed by atoms with Crippen LogP contribution in [-0.4, -0.2) is 34.4 Å². The minimum atomic E-state index is -0.921. The second-order valence-corrected chi connectivity index (χ2v) is 6.83. The van der Waals surface area contributed by atoms with Gasteiger partial charge in [-0.1, -0.05) is 0 Å². The molecule has 3 N–H and O–H groups in total. The highest BCUT2D eigenvalue weighted by Gasteiger charge is 2.50. The maximum absolute atomic E-state index is 10.5. The predicted molar refractivity (Wildman–Crippen MR) is 67.2 cm³/mol. The first kappa shape index (κ1) is 12.4. The first-order chi connectivity index (χ1) is 8.55. The highest BCUT2D eigenvalue weighted by atomic mass is 16.4. The van der Waals surface area contributed by atoms with Gasteiger partial charge in [-0.15, -0.1) is 0 Å². The normalized spacial score (nSPS) is 43.1. The second kappa shape index (κ2) is 4.49. The SMILES string of the molecule is O=C(O)CC(O)CNC12CC3CC(CC(C3)C1)C2. The Bertz CT molecular complexity index is 307. The van der Waals surface area contributed by atoms with E-state index in [1.54, 1.807) is 0 Å². The van der Waals surface area contributed by atoms with Crippen LogP contribution in [0.4, 0.5) is 0 Å². The maximum atomic E-state index is 10.5. The van der Waals surface area contributed by atoms with Crippen LogP contribution >= 0.6 is 0 Å². The van der Waals surface area contributed by atoms with Gasteiger partial charge < -0.3 is 15.5 Å². The Labute approximate surface area is 108 Å². The lowest BCUT2D eigenvalue weighted by Gasteiger charge is -2.57. The lowest BCUT2D eigenvalue weighted by molar-refractivity contribution is -0.139. The van der Waals surface area contributed by atoms with E-state index >= 15 is 0 Å². The molecule has 4 heteroatoms. The van der Waals surface area contributed by atoms with Crippen molar-refractivity contribution in [3.05, 3.63) is 0 Å². The summed E-state index contributed by atoms with van der Waals surface area (Å²) in [5.41, 5.74) is 0.217. The van der Waals surface area contributed by atoms with Gasteiger partial charge in [-0.25, -0.2) is 0 Å². The Hall–Kier alpha value is -0.610. The van der Waals surface area contributed by atoms with Gasteiger partial charge in [0.05, 0.1) is 12.5 Å². The number of rotatable bonds is 5. The standard InChI is InChI=1S/C14H23NO3/c16-12(4-13(17)18)8-15-14-5-9-1-10(6-14)3-11(2-9)7-14/h9-12,15-16H,1-8H2,(H,17,18). The van der Waals surface area contributed by atoms with Crippen LogP contribution in [0.15, 0.2) is 0 Å². The van der Waals surface area contributed by atoms with Gasteiger partial charge in [0, 0.05) is 12.1 Å². The van der Waals surface area contributed by atoms with Crippen molar-refractivity contribution in [1.82, 2.24) is 5.32 Å². The molecule has 0 aromatic heterocycles. The first-order valence-electron chi connectivity index (χ1n) is 7.19. The number of aliphatic carboxylic acids is 1. The number of aliphatic hydroxyl groups is 1. The molecule has 4 nitrogen and oxygen atoms in total. The smallest absolute Gasteiger partial charge is 0.306 e. The summed E-state index contributed by atoms with van der Waals surface area (Å²) in [4.78, 5) is 10.5. The minimum absolute atomic E-state index is 0.153. The fraction of sp³-hybridized carbons (Fsp3) is 0.929. The average Bonchev–Trinajstić information content (AvgIpc) is 2.23. The van der Waals surface area contributed by atoms with E-state index in [2.05, 4.69) is 5.32 Å². The zero-order valence-electron chi connectivity index (χ0n) is 10.8. The van der Waals surface area contributed by atoms with Gasteiger partial charge in [-0.2, -0.15) is 0 Å². The molecule has 0 aromatic carbocycles. The van der Waals surface area contributed by atoms with Gasteiger partial charge in [0.1, 0.15) is 0 Å². The number of carboxylic acid groups (broad SMARTS) is 1. The molecule has 4 saturated carbocycles. The van der Waals surface area contributed by atoms with Gasteiger partial charge in [0.25, 0.3) is 0 Å². The van der Waals surface area contributed by atoms with Crippen molar-refractivity contribution in [3.63, 3.8) is 0 Å². The number of hydrogen-bond donors (Lipinski definition) is 3. The van der Waals surface area contributed by atoms with E-state index in [9.17, 15) is 9.90 Å². The largest absolute Gasteiger partial charge is 0.481 e. The quantitative estimate of drug-likeness (QED) is 0.692. The summed E-state index contributed by atoms with van der Waals surface area (Å²) in [6.45, 7) is 0.429. The van der Waals surface area contributed by atoms with Crippen LogP contribution in [0.1, 0.15) is 44.9 Å². The van der Waals surface area contributed by atoms with Crippen LogP contribution in [0.3, 0.4) is 0 Å². The molecule has 102 valence electrons. The van der Waals surface area contributed by atoms with Gasteiger partial charge >= 0.3 is 5.97 Å². The van der Waals surface area contributed by atoms with Gasteiger partial charge in [-0.05, 0) is 56.3 Å². The molecule has 0 heterocycles. The summed E-state index contributed by atoms with van der Waals surface area (Å²) in [5.74, 6) is 1.70. The minimum Gasteiger partial charge on any atom is -0.481 e. The van der Waals surface area contributed by atoms with E-state index in [0.717, 1.165) is 17.8 Å². The molecular weight excluding hydrogens is 230 g/mol. The molecule has 0 aliphatic heterocycles. The second-order valence-electron chi connectivity index (χ2n) is 6.83. The molecule has 4 aliphatic carbocycles. The van der Waals surface area contributed by atoms with Crippen LogP contribution < -0.4 is 5.32 Å². The lowest BCUT2D eigenvalue weighted by atomic mass is 9.53. The number of aliphatic hydroxyl groups excluding tert-OH is 1. The molecule has 18 heavy (non-hydrogen) atoms. The van der Waals surface area contributed by atoms with Crippen molar-refractivity contribution < 1.29 is 15.0 Å². The van der Waals surface area contributed by atoms with Crippen molar-refractivity contribution in [2.24, 2.45) is 17.8 Å². The summed E-state index contributed by atoms with van der Waals surface area (Å²) in [5, 5.41) is 21.9. The van der Waals surface area contributed by atoms with Crippen molar-refractivity contribution >= 4 is 5.97 Å². The van der Waals surface area contributed by atoms with Crippen LogP contribution in [0.25, 0.3) is 0 Å². The molecule has 0 amide bonds. The zero-order valence-corrected chi connectivity index (χ0v) is 10.8. The van der Waals surface area contributed by atoms with Gasteiger partial charge in [0.15, 0.2) is 0 Å². The number of carbonyl (C=O) groups is 1. The van der Waals surface area contributed by atoms with Gasteiger partial charge in [0.2, 0.25) is 0 Å². The molecule has 0 saturated heterocycles. The fourth-order valence-corrected chi connectivity index (χ4v) is 4.94. The molecule has 1 unspecified atom stereocenters. The van der Waals surface area contributed by atoms with Crippen molar-refractivity contribution in [3.8, 4) is 0 Å². The third kappa shape index (κ3) is 2.41. The van der Waals surface area contributed by atoms with Gasteiger partial charge in [-0.3, -0.25) is 4.79 Å². The Kier molecular flexibility index (Phi) is 3.10. The summed E-state index contributed by atoms with van der Waals surface area (Å²) in [7, 11) is 0. The Morgan fingerprint density at radius 1 is 1.17 bits per heavy atom. The highest BCUT2D eigenvalue weighted by molar-refractivity contribution is 5.67. The van der Waals surface area contributed by atoms with E-state index in [4.69, 9.17) is 5.11 Å². The molecule has 4 fully saturated rings. The van der Waals surface area contributed by atoms with E-state index in [0.29, 0.717) is 6.54 Å². The molecule has 1 atom stereocenters. The highest BCUT2D eigenvalue weighted by Crippen LogP contribution is 2.55. The lowest BCUT2D eigenvalue weighted by Crippen LogP contribution is -2.59. The summed E-state index contributed by atoms with van der Waals surface area (Å²) in [6.07, 6.45) is 7.00. The van der Waals surface area contributed by atoms with Crippen LogP contribution in [0, 0.1) is 17.8 Å². The molecule has 0 spiro atoms. The Balaban J connectivity index is 1.57. The average molecular weight is 253 g/mol.